The van der Waals surface area contributed by atoms with Gasteiger partial charge in [0, 0.05) is 12.0 Å². The molecule has 0 aliphatic heterocycles. The van der Waals surface area contributed by atoms with Crippen LogP contribution in [0.15, 0.2) is 40.9 Å². The van der Waals surface area contributed by atoms with Crippen LogP contribution in [0, 0.1) is 0 Å². The molecular formula is C14H13ClN4O. The molecule has 0 aliphatic rings. The van der Waals surface area contributed by atoms with Crippen LogP contribution in [-0.2, 0) is 13.0 Å². The minimum absolute atomic E-state index is 0.320. The fraction of sp³-hybridized carbons (Fsp3) is 0.214. The molecule has 0 N–H and O–H groups in total. The van der Waals surface area contributed by atoms with E-state index in [1.807, 2.05) is 37.3 Å². The lowest BCUT2D eigenvalue weighted by Crippen LogP contribution is -2.02. The number of oxazole rings is 1. The maximum atomic E-state index is 6.11. The van der Waals surface area contributed by atoms with Crippen LogP contribution in [0.2, 0.25) is 5.28 Å². The van der Waals surface area contributed by atoms with E-state index in [1.165, 1.54) is 0 Å². The second-order valence-corrected chi connectivity index (χ2v) is 4.66. The predicted octanol–water partition coefficient (Wildman–Crippen LogP) is 3.20. The number of hydrogen-bond donors (Lipinski definition) is 0. The molecule has 102 valence electrons. The van der Waals surface area contributed by atoms with Gasteiger partial charge >= 0.3 is 0 Å². The van der Waals surface area contributed by atoms with Gasteiger partial charge in [-0.2, -0.15) is 0 Å². The second kappa shape index (κ2) is 5.46. The lowest BCUT2D eigenvalue weighted by atomic mass is 10.2. The maximum Gasteiger partial charge on any atom is 0.225 e. The molecule has 3 aromatic rings. The van der Waals surface area contributed by atoms with Gasteiger partial charge < -0.3 is 4.42 Å². The van der Waals surface area contributed by atoms with E-state index in [9.17, 15) is 0 Å². The number of halogens is 1. The third kappa shape index (κ3) is 2.44. The molecule has 2 heterocycles. The largest absolute Gasteiger partial charge is 0.444 e. The summed E-state index contributed by atoms with van der Waals surface area (Å²) in [4.78, 5) is 4.24. The highest BCUT2D eigenvalue weighted by Crippen LogP contribution is 2.21. The first kappa shape index (κ1) is 12.9. The summed E-state index contributed by atoms with van der Waals surface area (Å²) in [6.07, 6.45) is 2.55. The fourth-order valence-electron chi connectivity index (χ4n) is 1.94. The minimum atomic E-state index is 0.320. The Morgan fingerprint density at radius 1 is 1.20 bits per heavy atom. The van der Waals surface area contributed by atoms with Crippen molar-refractivity contribution < 1.29 is 4.42 Å². The fourth-order valence-corrected chi connectivity index (χ4v) is 2.12. The van der Waals surface area contributed by atoms with Gasteiger partial charge in [-0.25, -0.2) is 4.98 Å². The third-order valence-electron chi connectivity index (χ3n) is 2.98. The Kier molecular flexibility index (Phi) is 3.52. The molecule has 0 atom stereocenters. The van der Waals surface area contributed by atoms with Crippen molar-refractivity contribution in [2.75, 3.05) is 0 Å². The molecule has 20 heavy (non-hydrogen) atoms. The highest BCUT2D eigenvalue weighted by atomic mass is 35.5. The summed E-state index contributed by atoms with van der Waals surface area (Å²) in [5, 5.41) is 8.37. The molecule has 0 amide bonds. The summed E-state index contributed by atoms with van der Waals surface area (Å²) in [7, 11) is 0. The van der Waals surface area contributed by atoms with E-state index < -0.39 is 0 Å². The predicted molar refractivity (Wildman–Crippen MR) is 75.5 cm³/mol. The van der Waals surface area contributed by atoms with E-state index in [-0.39, 0.29) is 0 Å². The molecule has 0 fully saturated rings. The smallest absolute Gasteiger partial charge is 0.225 e. The first-order chi connectivity index (χ1) is 9.78. The highest BCUT2D eigenvalue weighted by molar-refractivity contribution is 6.28. The summed E-state index contributed by atoms with van der Waals surface area (Å²) >= 11 is 6.11. The zero-order valence-electron chi connectivity index (χ0n) is 11.0. The minimum Gasteiger partial charge on any atom is -0.444 e. The van der Waals surface area contributed by atoms with Gasteiger partial charge in [-0.05, 0) is 11.6 Å². The Labute approximate surface area is 121 Å². The standard InChI is InChI=1S/C14H13ClN4O/c1-2-11-8-16-12(20-11)9-19-13(17-18-14(19)15)10-6-4-3-5-7-10/h3-8H,2,9H2,1H3. The van der Waals surface area contributed by atoms with Crippen molar-refractivity contribution in [3.05, 3.63) is 53.5 Å². The van der Waals surface area contributed by atoms with E-state index in [0.29, 0.717) is 23.5 Å². The van der Waals surface area contributed by atoms with Crippen LogP contribution in [0.4, 0.5) is 0 Å². The summed E-state index contributed by atoms with van der Waals surface area (Å²) in [6.45, 7) is 2.43. The van der Waals surface area contributed by atoms with Crippen molar-refractivity contribution in [2.45, 2.75) is 19.9 Å². The number of nitrogens with zero attached hydrogens (tertiary/aromatic N) is 4. The topological polar surface area (TPSA) is 56.7 Å². The van der Waals surface area contributed by atoms with E-state index in [2.05, 4.69) is 15.2 Å². The lowest BCUT2D eigenvalue weighted by Gasteiger charge is -2.05. The zero-order valence-corrected chi connectivity index (χ0v) is 11.7. The molecule has 0 saturated heterocycles. The number of hydrogen-bond acceptors (Lipinski definition) is 4. The van der Waals surface area contributed by atoms with Crippen molar-refractivity contribution in [1.29, 1.82) is 0 Å². The molecular weight excluding hydrogens is 276 g/mol. The lowest BCUT2D eigenvalue weighted by molar-refractivity contribution is 0.447. The van der Waals surface area contributed by atoms with Gasteiger partial charge in [0.1, 0.15) is 12.3 Å². The Balaban J connectivity index is 1.95. The van der Waals surface area contributed by atoms with Gasteiger partial charge in [-0.3, -0.25) is 4.57 Å². The van der Waals surface area contributed by atoms with Crippen molar-refractivity contribution in [2.24, 2.45) is 0 Å². The average molecular weight is 289 g/mol. The van der Waals surface area contributed by atoms with Crippen molar-refractivity contribution in [3.8, 4) is 11.4 Å². The normalized spacial score (nSPS) is 10.9. The molecule has 0 radical (unpaired) electrons. The molecule has 0 spiro atoms. The van der Waals surface area contributed by atoms with Gasteiger partial charge in [0.2, 0.25) is 11.2 Å². The van der Waals surface area contributed by atoms with Crippen LogP contribution < -0.4 is 0 Å². The third-order valence-corrected chi connectivity index (χ3v) is 3.26. The molecule has 2 aromatic heterocycles. The van der Waals surface area contributed by atoms with Crippen LogP contribution in [0.3, 0.4) is 0 Å². The van der Waals surface area contributed by atoms with Gasteiger partial charge in [-0.15, -0.1) is 10.2 Å². The van der Waals surface area contributed by atoms with E-state index in [1.54, 1.807) is 10.8 Å². The van der Waals surface area contributed by atoms with E-state index in [4.69, 9.17) is 16.0 Å². The number of benzene rings is 1. The molecule has 5 nitrogen and oxygen atoms in total. The molecule has 6 heteroatoms. The monoisotopic (exact) mass is 288 g/mol. The van der Waals surface area contributed by atoms with Crippen LogP contribution in [0.1, 0.15) is 18.6 Å². The highest BCUT2D eigenvalue weighted by Gasteiger charge is 2.14. The summed E-state index contributed by atoms with van der Waals surface area (Å²) < 4.78 is 7.39. The van der Waals surface area contributed by atoms with Gasteiger partial charge in [0.25, 0.3) is 0 Å². The molecule has 0 aliphatic carbocycles. The van der Waals surface area contributed by atoms with Crippen LogP contribution in [0.5, 0.6) is 0 Å². The molecule has 1 aromatic carbocycles. The van der Waals surface area contributed by atoms with E-state index in [0.717, 1.165) is 17.7 Å². The summed E-state index contributed by atoms with van der Waals surface area (Å²) in [6, 6.07) is 9.77. The molecule has 0 unspecified atom stereocenters. The van der Waals surface area contributed by atoms with Crippen molar-refractivity contribution >= 4 is 11.6 Å². The van der Waals surface area contributed by atoms with Gasteiger partial charge in [-0.1, -0.05) is 37.3 Å². The van der Waals surface area contributed by atoms with Crippen LogP contribution in [0.25, 0.3) is 11.4 Å². The van der Waals surface area contributed by atoms with Crippen molar-refractivity contribution in [1.82, 2.24) is 19.7 Å². The second-order valence-electron chi connectivity index (χ2n) is 4.32. The first-order valence-corrected chi connectivity index (χ1v) is 6.73. The SMILES string of the molecule is CCc1cnc(Cn2c(Cl)nnc2-c2ccccc2)o1. The molecule has 3 rings (SSSR count). The number of rotatable bonds is 4. The average Bonchev–Trinajstić information content (AvgIpc) is 3.08. The zero-order chi connectivity index (χ0) is 13.9. The number of aromatic nitrogens is 4. The molecule has 0 saturated carbocycles. The Hall–Kier alpha value is -2.14. The summed E-state index contributed by atoms with van der Waals surface area (Å²) in [5.41, 5.74) is 0.953. The van der Waals surface area contributed by atoms with Crippen molar-refractivity contribution in [3.63, 3.8) is 0 Å². The summed E-state index contributed by atoms with van der Waals surface area (Å²) in [5.74, 6) is 2.15. The Bertz CT molecular complexity index is 705. The van der Waals surface area contributed by atoms with E-state index >= 15 is 0 Å². The Morgan fingerprint density at radius 3 is 2.70 bits per heavy atom. The molecule has 0 bridgehead atoms. The van der Waals surface area contributed by atoms with Crippen LogP contribution >= 0.6 is 11.6 Å². The number of aryl methyl sites for hydroxylation is 1. The van der Waals surface area contributed by atoms with Gasteiger partial charge in [0.05, 0.1) is 6.20 Å². The Morgan fingerprint density at radius 2 is 2.00 bits per heavy atom. The quantitative estimate of drug-likeness (QED) is 0.740. The van der Waals surface area contributed by atoms with Crippen LogP contribution in [-0.4, -0.2) is 19.7 Å². The van der Waals surface area contributed by atoms with Gasteiger partial charge in [0.15, 0.2) is 5.82 Å². The maximum absolute atomic E-state index is 6.11. The first-order valence-electron chi connectivity index (χ1n) is 6.35.